The third-order valence-corrected chi connectivity index (χ3v) is 9.24. The van der Waals surface area contributed by atoms with Crippen LogP contribution in [0.25, 0.3) is 10.9 Å². The number of methoxy groups -OCH3 is 1. The van der Waals surface area contributed by atoms with Gasteiger partial charge in [-0.1, -0.05) is 30.3 Å². The van der Waals surface area contributed by atoms with Crippen molar-refractivity contribution in [1.82, 2.24) is 19.4 Å². The van der Waals surface area contributed by atoms with Crippen LogP contribution in [0.15, 0.2) is 84.0 Å². The zero-order chi connectivity index (χ0) is 33.2. The highest BCUT2D eigenvalue weighted by Gasteiger charge is 2.30. The topological polar surface area (TPSA) is 108 Å². The summed E-state index contributed by atoms with van der Waals surface area (Å²) in [5, 5.41) is 0.280. The highest BCUT2D eigenvalue weighted by atomic mass is 19.1. The number of hydrogen-bond donors (Lipinski definition) is 1. The molecular weight excluding hydrogens is 611 g/mol. The van der Waals surface area contributed by atoms with Crippen LogP contribution in [-0.4, -0.2) is 52.3 Å². The van der Waals surface area contributed by atoms with Gasteiger partial charge in [0.1, 0.15) is 19.0 Å². The SMILES string of the molecule is COc1cc(CN(Cc2cn3c4c(c(OCc5ccccc5)c(F)cc4c2=O)OCC3C)[C@H]2CCCN(c3ccc(N)nc3)C2)ccn1. The fourth-order valence-electron chi connectivity index (χ4n) is 6.73. The van der Waals surface area contributed by atoms with Gasteiger partial charge in [0.15, 0.2) is 22.7 Å². The summed E-state index contributed by atoms with van der Waals surface area (Å²) in [6.07, 6.45) is 7.39. The number of anilines is 2. The third-order valence-electron chi connectivity index (χ3n) is 9.24. The predicted molar refractivity (Wildman–Crippen MR) is 183 cm³/mol. The zero-order valence-electron chi connectivity index (χ0n) is 27.1. The van der Waals surface area contributed by atoms with Gasteiger partial charge in [-0.2, -0.15) is 0 Å². The summed E-state index contributed by atoms with van der Waals surface area (Å²) >= 11 is 0. The summed E-state index contributed by atoms with van der Waals surface area (Å²) in [5.41, 5.74) is 9.72. The van der Waals surface area contributed by atoms with Gasteiger partial charge < -0.3 is 29.4 Å². The number of aromatic nitrogens is 3. The number of ether oxygens (including phenoxy) is 3. The van der Waals surface area contributed by atoms with Crippen LogP contribution in [0.2, 0.25) is 0 Å². The zero-order valence-corrected chi connectivity index (χ0v) is 27.1. The third kappa shape index (κ3) is 6.37. The second-order valence-electron chi connectivity index (χ2n) is 12.5. The number of nitrogen functional groups attached to an aromatic ring is 1. The van der Waals surface area contributed by atoms with Crippen molar-refractivity contribution >= 4 is 22.4 Å². The lowest BCUT2D eigenvalue weighted by molar-refractivity contribution is 0.157. The summed E-state index contributed by atoms with van der Waals surface area (Å²) in [7, 11) is 1.60. The monoisotopic (exact) mass is 650 g/mol. The Morgan fingerprint density at radius 2 is 1.94 bits per heavy atom. The number of pyridine rings is 3. The average molecular weight is 651 g/mol. The van der Waals surface area contributed by atoms with Crippen LogP contribution in [0.1, 0.15) is 42.5 Å². The van der Waals surface area contributed by atoms with Gasteiger partial charge in [-0.25, -0.2) is 14.4 Å². The minimum Gasteiger partial charge on any atom is -0.485 e. The van der Waals surface area contributed by atoms with Crippen molar-refractivity contribution < 1.29 is 18.6 Å². The summed E-state index contributed by atoms with van der Waals surface area (Å²) in [5.74, 6) is 0.679. The van der Waals surface area contributed by atoms with Gasteiger partial charge in [0, 0.05) is 56.2 Å². The first-order valence-electron chi connectivity index (χ1n) is 16.3. The molecule has 0 saturated carbocycles. The highest BCUT2D eigenvalue weighted by Crippen LogP contribution is 2.42. The van der Waals surface area contributed by atoms with E-state index in [1.54, 1.807) is 13.3 Å². The number of hydrogen-bond acceptors (Lipinski definition) is 9. The molecule has 0 spiro atoms. The van der Waals surface area contributed by atoms with Crippen LogP contribution < -0.4 is 30.3 Å². The molecule has 2 atom stereocenters. The molecule has 1 saturated heterocycles. The van der Waals surface area contributed by atoms with Crippen molar-refractivity contribution in [2.24, 2.45) is 0 Å². The van der Waals surface area contributed by atoms with E-state index in [0.717, 1.165) is 42.7 Å². The molecule has 5 heterocycles. The highest BCUT2D eigenvalue weighted by molar-refractivity contribution is 5.89. The second-order valence-corrected chi connectivity index (χ2v) is 12.5. The molecule has 2 N–H and O–H groups in total. The Bertz CT molecular complexity index is 1970. The minimum atomic E-state index is -0.621. The molecule has 2 aromatic carbocycles. The van der Waals surface area contributed by atoms with E-state index in [1.807, 2.05) is 78.5 Å². The summed E-state index contributed by atoms with van der Waals surface area (Å²) in [6, 6.07) is 18.6. The molecule has 11 heteroatoms. The first-order valence-corrected chi connectivity index (χ1v) is 16.3. The quantitative estimate of drug-likeness (QED) is 0.203. The van der Waals surface area contributed by atoms with E-state index in [0.29, 0.717) is 42.5 Å². The maximum atomic E-state index is 15.8. The van der Waals surface area contributed by atoms with E-state index < -0.39 is 5.82 Å². The lowest BCUT2D eigenvalue weighted by Gasteiger charge is -2.40. The van der Waals surface area contributed by atoms with Gasteiger partial charge >= 0.3 is 0 Å². The molecule has 7 rings (SSSR count). The van der Waals surface area contributed by atoms with Crippen LogP contribution in [-0.2, 0) is 19.7 Å². The largest absolute Gasteiger partial charge is 0.485 e. The van der Waals surface area contributed by atoms with E-state index in [9.17, 15) is 4.79 Å². The molecule has 5 aromatic rings. The molecule has 3 aromatic heterocycles. The van der Waals surface area contributed by atoms with E-state index in [2.05, 4.69) is 19.8 Å². The van der Waals surface area contributed by atoms with Gasteiger partial charge in [0.25, 0.3) is 0 Å². The van der Waals surface area contributed by atoms with Crippen molar-refractivity contribution in [3.63, 3.8) is 0 Å². The predicted octanol–water partition coefficient (Wildman–Crippen LogP) is 5.73. The maximum absolute atomic E-state index is 15.8. The molecule has 1 fully saturated rings. The number of halogens is 1. The lowest BCUT2D eigenvalue weighted by Crippen LogP contribution is -2.48. The molecule has 248 valence electrons. The average Bonchev–Trinajstić information content (AvgIpc) is 3.11. The van der Waals surface area contributed by atoms with E-state index in [-0.39, 0.29) is 41.0 Å². The van der Waals surface area contributed by atoms with Crippen molar-refractivity contribution in [2.45, 2.75) is 51.5 Å². The second kappa shape index (κ2) is 13.5. The fraction of sp³-hybridized carbons (Fsp3) is 0.324. The first kappa shape index (κ1) is 31.4. The Morgan fingerprint density at radius 3 is 2.73 bits per heavy atom. The molecule has 0 aliphatic carbocycles. The van der Waals surface area contributed by atoms with E-state index in [1.165, 1.54) is 6.07 Å². The van der Waals surface area contributed by atoms with E-state index >= 15 is 4.39 Å². The van der Waals surface area contributed by atoms with Crippen LogP contribution in [0, 0.1) is 5.82 Å². The lowest BCUT2D eigenvalue weighted by atomic mass is 10.0. The minimum absolute atomic E-state index is 0.0202. The molecule has 10 nitrogen and oxygen atoms in total. The Labute approximate surface area is 278 Å². The Balaban J connectivity index is 1.25. The molecule has 0 bridgehead atoms. The number of rotatable bonds is 10. The Morgan fingerprint density at radius 1 is 1.08 bits per heavy atom. The summed E-state index contributed by atoms with van der Waals surface area (Å²) in [6.45, 7) is 5.12. The van der Waals surface area contributed by atoms with Gasteiger partial charge in [0.05, 0.1) is 35.9 Å². The van der Waals surface area contributed by atoms with Gasteiger partial charge in [-0.15, -0.1) is 0 Å². The molecule has 0 radical (unpaired) electrons. The Hall–Kier alpha value is -5.16. The molecule has 2 aliphatic rings. The molecule has 2 aliphatic heterocycles. The van der Waals surface area contributed by atoms with Crippen molar-refractivity contribution in [1.29, 1.82) is 0 Å². The van der Waals surface area contributed by atoms with Crippen LogP contribution in [0.5, 0.6) is 17.4 Å². The first-order chi connectivity index (χ1) is 23.4. The van der Waals surface area contributed by atoms with Crippen LogP contribution in [0.3, 0.4) is 0 Å². The number of nitrogens with two attached hydrogens (primary N) is 1. The standard InChI is InChI=1S/C37H39FN6O4/c1-24-22-47-37-34-30(16-31(38)36(37)48-23-25-7-4-3-5-8-25)35(45)27(20-44(24)34)19-43(18-26-12-13-40-33(15-26)46-2)29-9-6-14-42(21-29)28-10-11-32(39)41-17-28/h3-5,7-8,10-13,15-17,20,24,29H,6,9,14,18-19,21-23H2,1-2H3,(H2,39,41)/t24?,29-/m0/s1. The van der Waals surface area contributed by atoms with Gasteiger partial charge in [0.2, 0.25) is 5.88 Å². The van der Waals surface area contributed by atoms with Crippen molar-refractivity contribution in [2.75, 3.05) is 37.4 Å². The molecular formula is C37H39FN6O4. The molecule has 48 heavy (non-hydrogen) atoms. The smallest absolute Gasteiger partial charge is 0.213 e. The van der Waals surface area contributed by atoms with E-state index in [4.69, 9.17) is 19.9 Å². The number of nitrogens with zero attached hydrogens (tertiary/aromatic N) is 5. The summed E-state index contributed by atoms with van der Waals surface area (Å²) in [4.78, 5) is 27.5. The van der Waals surface area contributed by atoms with Gasteiger partial charge in [-0.3, -0.25) is 9.69 Å². The van der Waals surface area contributed by atoms with Crippen LogP contribution in [0.4, 0.5) is 15.9 Å². The maximum Gasteiger partial charge on any atom is 0.213 e. The fourth-order valence-corrected chi connectivity index (χ4v) is 6.73. The molecule has 0 amide bonds. The van der Waals surface area contributed by atoms with Gasteiger partial charge in [-0.05, 0) is 55.2 Å². The number of piperidine rings is 1. The number of benzene rings is 2. The van der Waals surface area contributed by atoms with Crippen molar-refractivity contribution in [3.05, 3.63) is 112 Å². The van der Waals surface area contributed by atoms with Crippen LogP contribution >= 0.6 is 0 Å². The normalized spacial score (nSPS) is 17.4. The van der Waals surface area contributed by atoms with Crippen molar-refractivity contribution in [3.8, 4) is 17.4 Å². The summed E-state index contributed by atoms with van der Waals surface area (Å²) < 4.78 is 35.3. The Kier molecular flexibility index (Phi) is 8.86. The molecule has 1 unspecified atom stereocenters.